The smallest absolute Gasteiger partial charge is 0.132 e. The monoisotopic (exact) mass is 256 g/mol. The topological polar surface area (TPSA) is 55.0 Å². The summed E-state index contributed by atoms with van der Waals surface area (Å²) < 4.78 is 0. The van der Waals surface area contributed by atoms with Gasteiger partial charge < -0.3 is 10.6 Å². The van der Waals surface area contributed by atoms with Crippen molar-refractivity contribution in [1.82, 2.24) is 9.97 Å². The fourth-order valence-corrected chi connectivity index (χ4v) is 2.11. The predicted octanol–water partition coefficient (Wildman–Crippen LogP) is 2.00. The van der Waals surface area contributed by atoms with Crippen LogP contribution in [0, 0.1) is 0 Å². The summed E-state index contributed by atoms with van der Waals surface area (Å²) in [5, 5.41) is 0. The van der Waals surface area contributed by atoms with E-state index in [9.17, 15) is 0 Å². The Labute approximate surface area is 114 Å². The third-order valence-electron chi connectivity index (χ3n) is 3.09. The molecule has 0 atom stereocenters. The van der Waals surface area contributed by atoms with E-state index in [1.165, 1.54) is 11.1 Å². The van der Waals surface area contributed by atoms with Crippen molar-refractivity contribution in [3.63, 3.8) is 0 Å². The molecule has 0 unspecified atom stereocenters. The summed E-state index contributed by atoms with van der Waals surface area (Å²) in [6, 6.07) is 8.14. The number of hydrogen-bond acceptors (Lipinski definition) is 4. The van der Waals surface area contributed by atoms with Gasteiger partial charge in [-0.15, -0.1) is 0 Å². The molecule has 0 bridgehead atoms. The Balaban J connectivity index is 2.22. The van der Waals surface area contributed by atoms with Crippen molar-refractivity contribution in [2.75, 3.05) is 18.0 Å². The second-order valence-corrected chi connectivity index (χ2v) is 4.39. The van der Waals surface area contributed by atoms with Crippen molar-refractivity contribution in [2.45, 2.75) is 19.9 Å². The molecule has 0 amide bonds. The van der Waals surface area contributed by atoms with Gasteiger partial charge in [0.1, 0.15) is 5.82 Å². The predicted molar refractivity (Wildman–Crippen MR) is 78.0 cm³/mol. The molecule has 2 aromatic heterocycles. The van der Waals surface area contributed by atoms with Gasteiger partial charge in [-0.1, -0.05) is 6.07 Å². The highest BCUT2D eigenvalue weighted by Crippen LogP contribution is 2.19. The highest BCUT2D eigenvalue weighted by Gasteiger charge is 2.10. The largest absolute Gasteiger partial charge is 0.352 e. The molecule has 0 spiro atoms. The van der Waals surface area contributed by atoms with E-state index in [1.54, 1.807) is 0 Å². The first-order chi connectivity index (χ1) is 9.35. The van der Waals surface area contributed by atoms with E-state index in [1.807, 2.05) is 36.8 Å². The molecule has 0 aliphatic carbocycles. The van der Waals surface area contributed by atoms with Crippen LogP contribution in [-0.4, -0.2) is 23.1 Å². The van der Waals surface area contributed by atoms with Gasteiger partial charge in [0, 0.05) is 31.7 Å². The first-order valence-electron chi connectivity index (χ1n) is 6.63. The first kappa shape index (κ1) is 13.5. The van der Waals surface area contributed by atoms with Crippen molar-refractivity contribution in [1.29, 1.82) is 0 Å². The molecule has 4 nitrogen and oxygen atoms in total. The van der Waals surface area contributed by atoms with Crippen molar-refractivity contribution in [3.05, 3.63) is 54.0 Å². The van der Waals surface area contributed by atoms with E-state index in [4.69, 9.17) is 5.73 Å². The van der Waals surface area contributed by atoms with Gasteiger partial charge in [0.25, 0.3) is 0 Å². The number of rotatable bonds is 6. The maximum atomic E-state index is 5.67. The molecule has 0 aromatic carbocycles. The third kappa shape index (κ3) is 3.51. The average Bonchev–Trinajstić information content (AvgIpc) is 2.47. The van der Waals surface area contributed by atoms with Gasteiger partial charge in [0.2, 0.25) is 0 Å². The summed E-state index contributed by atoms with van der Waals surface area (Å²) >= 11 is 0. The summed E-state index contributed by atoms with van der Waals surface area (Å²) in [4.78, 5) is 10.8. The number of pyridine rings is 2. The standard InChI is InChI=1S/C15H20N4/c1-2-19(12-13-6-10-17-11-7-13)15-14(5-8-16)4-3-9-18-15/h3-4,6-7,9-11H,2,5,8,12,16H2,1H3. The van der Waals surface area contributed by atoms with Gasteiger partial charge in [-0.05, 0) is 49.2 Å². The summed E-state index contributed by atoms with van der Waals surface area (Å²) in [5.41, 5.74) is 8.12. The summed E-state index contributed by atoms with van der Waals surface area (Å²) in [6.07, 6.45) is 6.34. The van der Waals surface area contributed by atoms with Crippen molar-refractivity contribution in [2.24, 2.45) is 5.73 Å². The summed E-state index contributed by atoms with van der Waals surface area (Å²) in [5.74, 6) is 1.03. The van der Waals surface area contributed by atoms with Gasteiger partial charge in [0.15, 0.2) is 0 Å². The zero-order chi connectivity index (χ0) is 13.5. The molecule has 0 fully saturated rings. The van der Waals surface area contributed by atoms with E-state index in [-0.39, 0.29) is 0 Å². The van der Waals surface area contributed by atoms with E-state index in [0.717, 1.165) is 25.3 Å². The lowest BCUT2D eigenvalue weighted by atomic mass is 10.1. The number of aromatic nitrogens is 2. The highest BCUT2D eigenvalue weighted by molar-refractivity contribution is 5.47. The van der Waals surface area contributed by atoms with Gasteiger partial charge >= 0.3 is 0 Å². The minimum absolute atomic E-state index is 0.644. The molecular formula is C15H20N4. The van der Waals surface area contributed by atoms with Crippen molar-refractivity contribution >= 4 is 5.82 Å². The molecule has 19 heavy (non-hydrogen) atoms. The molecule has 0 radical (unpaired) electrons. The van der Waals surface area contributed by atoms with Crippen molar-refractivity contribution < 1.29 is 0 Å². The van der Waals surface area contributed by atoms with Crippen LogP contribution in [-0.2, 0) is 13.0 Å². The van der Waals surface area contributed by atoms with E-state index >= 15 is 0 Å². The molecule has 0 saturated carbocycles. The van der Waals surface area contributed by atoms with E-state index in [2.05, 4.69) is 27.9 Å². The number of nitrogens with two attached hydrogens (primary N) is 1. The molecule has 0 aliphatic heterocycles. The maximum absolute atomic E-state index is 5.67. The van der Waals surface area contributed by atoms with Gasteiger partial charge in [-0.25, -0.2) is 4.98 Å². The Kier molecular flexibility index (Phi) is 4.86. The second-order valence-electron chi connectivity index (χ2n) is 4.39. The van der Waals surface area contributed by atoms with Gasteiger partial charge in [0.05, 0.1) is 0 Å². The van der Waals surface area contributed by atoms with Crippen LogP contribution in [0.25, 0.3) is 0 Å². The minimum atomic E-state index is 0.644. The fraction of sp³-hybridized carbons (Fsp3) is 0.333. The molecule has 2 N–H and O–H groups in total. The molecule has 4 heteroatoms. The molecule has 2 aromatic rings. The summed E-state index contributed by atoms with van der Waals surface area (Å²) in [6.45, 7) is 4.54. The molecule has 0 aliphatic rings. The van der Waals surface area contributed by atoms with Crippen LogP contribution in [0.4, 0.5) is 5.82 Å². The van der Waals surface area contributed by atoms with E-state index < -0.39 is 0 Å². The zero-order valence-corrected chi connectivity index (χ0v) is 11.3. The number of nitrogens with zero attached hydrogens (tertiary/aromatic N) is 3. The second kappa shape index (κ2) is 6.85. The van der Waals surface area contributed by atoms with Crippen LogP contribution < -0.4 is 10.6 Å². The molecule has 0 saturated heterocycles. The van der Waals surface area contributed by atoms with E-state index in [0.29, 0.717) is 6.54 Å². The number of anilines is 1. The molecule has 100 valence electrons. The molecule has 2 rings (SSSR count). The van der Waals surface area contributed by atoms with Crippen LogP contribution in [0.2, 0.25) is 0 Å². The Hall–Kier alpha value is -1.94. The lowest BCUT2D eigenvalue weighted by Crippen LogP contribution is -2.25. The molecule has 2 heterocycles. The van der Waals surface area contributed by atoms with Crippen LogP contribution in [0.1, 0.15) is 18.1 Å². The maximum Gasteiger partial charge on any atom is 0.132 e. The number of hydrogen-bond donors (Lipinski definition) is 1. The van der Waals surface area contributed by atoms with Crippen molar-refractivity contribution in [3.8, 4) is 0 Å². The minimum Gasteiger partial charge on any atom is -0.352 e. The third-order valence-corrected chi connectivity index (χ3v) is 3.09. The van der Waals surface area contributed by atoms with Crippen LogP contribution in [0.3, 0.4) is 0 Å². The highest BCUT2D eigenvalue weighted by atomic mass is 15.2. The normalized spacial score (nSPS) is 10.4. The van der Waals surface area contributed by atoms with Crippen LogP contribution >= 0.6 is 0 Å². The van der Waals surface area contributed by atoms with Crippen LogP contribution in [0.5, 0.6) is 0 Å². The van der Waals surface area contributed by atoms with Gasteiger partial charge in [-0.2, -0.15) is 0 Å². The van der Waals surface area contributed by atoms with Crippen LogP contribution in [0.15, 0.2) is 42.9 Å². The average molecular weight is 256 g/mol. The Morgan fingerprint density at radius 3 is 2.63 bits per heavy atom. The Morgan fingerprint density at radius 2 is 1.95 bits per heavy atom. The quantitative estimate of drug-likeness (QED) is 0.859. The fourth-order valence-electron chi connectivity index (χ4n) is 2.11. The van der Waals surface area contributed by atoms with Gasteiger partial charge in [-0.3, -0.25) is 4.98 Å². The lowest BCUT2D eigenvalue weighted by molar-refractivity contribution is 0.797. The Bertz CT molecular complexity index is 499. The zero-order valence-electron chi connectivity index (χ0n) is 11.3. The Morgan fingerprint density at radius 1 is 1.16 bits per heavy atom. The first-order valence-corrected chi connectivity index (χ1v) is 6.63. The summed E-state index contributed by atoms with van der Waals surface area (Å²) in [7, 11) is 0. The SMILES string of the molecule is CCN(Cc1ccncc1)c1ncccc1CCN. The lowest BCUT2D eigenvalue weighted by Gasteiger charge is -2.24. The molecular weight excluding hydrogens is 236 g/mol.